The molecule has 9 heteroatoms. The van der Waals surface area contributed by atoms with Crippen LogP contribution >= 0.6 is 22.9 Å². The maximum Gasteiger partial charge on any atom is 0.387 e. The standard InChI is InChI=1S/C14H12ClF2NO4S/c1-7-18-10(6-23-7)13(19)21-5-8-3-9(15)12(22-14(16)17)11(4-8)20-2/h3-4,6,14H,5H2,1-2H3. The number of benzene rings is 1. The highest BCUT2D eigenvalue weighted by Gasteiger charge is 2.17. The number of thiazole rings is 1. The van der Waals surface area contributed by atoms with Gasteiger partial charge in [-0.2, -0.15) is 8.78 Å². The second kappa shape index (κ2) is 7.56. The fourth-order valence-electron chi connectivity index (χ4n) is 1.74. The van der Waals surface area contributed by atoms with Crippen LogP contribution in [0.15, 0.2) is 17.5 Å². The molecule has 0 aliphatic rings. The van der Waals surface area contributed by atoms with Crippen LogP contribution in [0.2, 0.25) is 5.02 Å². The molecule has 0 N–H and O–H groups in total. The summed E-state index contributed by atoms with van der Waals surface area (Å²) < 4.78 is 39.1. The van der Waals surface area contributed by atoms with Gasteiger partial charge < -0.3 is 14.2 Å². The molecule has 23 heavy (non-hydrogen) atoms. The number of halogens is 3. The van der Waals surface area contributed by atoms with Gasteiger partial charge in [0.1, 0.15) is 6.61 Å². The van der Waals surface area contributed by atoms with Gasteiger partial charge in [-0.25, -0.2) is 9.78 Å². The van der Waals surface area contributed by atoms with Crippen LogP contribution < -0.4 is 9.47 Å². The van der Waals surface area contributed by atoms with Crippen molar-refractivity contribution in [2.24, 2.45) is 0 Å². The minimum atomic E-state index is -3.03. The number of aryl methyl sites for hydroxylation is 1. The predicted molar refractivity (Wildman–Crippen MR) is 80.6 cm³/mol. The third-order valence-corrected chi connectivity index (χ3v) is 3.75. The van der Waals surface area contributed by atoms with Crippen molar-refractivity contribution in [2.75, 3.05) is 7.11 Å². The van der Waals surface area contributed by atoms with E-state index < -0.39 is 12.6 Å². The lowest BCUT2D eigenvalue weighted by molar-refractivity contribution is -0.0511. The van der Waals surface area contributed by atoms with E-state index in [0.717, 1.165) is 5.01 Å². The normalized spacial score (nSPS) is 10.7. The lowest BCUT2D eigenvalue weighted by atomic mass is 10.2. The molecule has 2 rings (SSSR count). The highest BCUT2D eigenvalue weighted by molar-refractivity contribution is 7.09. The highest BCUT2D eigenvalue weighted by atomic mass is 35.5. The quantitative estimate of drug-likeness (QED) is 0.724. The van der Waals surface area contributed by atoms with E-state index in [1.54, 1.807) is 12.3 Å². The fourth-order valence-corrected chi connectivity index (χ4v) is 2.60. The zero-order valence-corrected chi connectivity index (χ0v) is 13.7. The van der Waals surface area contributed by atoms with Gasteiger partial charge in [-0.15, -0.1) is 11.3 Å². The minimum Gasteiger partial charge on any atom is -0.493 e. The number of hydrogen-bond donors (Lipinski definition) is 0. The van der Waals surface area contributed by atoms with Crippen molar-refractivity contribution < 1.29 is 27.8 Å². The van der Waals surface area contributed by atoms with Crippen LogP contribution in [0, 0.1) is 6.92 Å². The van der Waals surface area contributed by atoms with E-state index >= 15 is 0 Å². The molecule has 5 nitrogen and oxygen atoms in total. The molecule has 0 unspecified atom stereocenters. The Morgan fingerprint density at radius 2 is 2.17 bits per heavy atom. The second-order valence-electron chi connectivity index (χ2n) is 4.32. The minimum absolute atomic E-state index is 0.0216. The highest BCUT2D eigenvalue weighted by Crippen LogP contribution is 2.37. The fraction of sp³-hybridized carbons (Fsp3) is 0.286. The van der Waals surface area contributed by atoms with Crippen molar-refractivity contribution >= 4 is 28.9 Å². The molecule has 0 aliphatic heterocycles. The third kappa shape index (κ3) is 4.52. The van der Waals surface area contributed by atoms with E-state index in [-0.39, 0.29) is 28.8 Å². The van der Waals surface area contributed by atoms with E-state index in [1.165, 1.54) is 30.6 Å². The number of aromatic nitrogens is 1. The number of rotatable bonds is 6. The van der Waals surface area contributed by atoms with Gasteiger partial charge in [0, 0.05) is 5.38 Å². The molecule has 0 radical (unpaired) electrons. The number of carbonyl (C=O) groups is 1. The van der Waals surface area contributed by atoms with Crippen LogP contribution in [0.1, 0.15) is 21.1 Å². The van der Waals surface area contributed by atoms with Crippen LogP contribution in [0.5, 0.6) is 11.5 Å². The summed E-state index contributed by atoms with van der Waals surface area (Å²) >= 11 is 7.23. The molecule has 1 aromatic carbocycles. The number of carbonyl (C=O) groups excluding carboxylic acids is 1. The van der Waals surface area contributed by atoms with Gasteiger partial charge in [-0.1, -0.05) is 11.6 Å². The van der Waals surface area contributed by atoms with Crippen molar-refractivity contribution in [3.05, 3.63) is 38.8 Å². The number of nitrogens with zero attached hydrogens (tertiary/aromatic N) is 1. The molecular weight excluding hydrogens is 352 g/mol. The Bertz CT molecular complexity index is 708. The Hall–Kier alpha value is -1.93. The summed E-state index contributed by atoms with van der Waals surface area (Å²) in [5, 5.41) is 2.26. The average molecular weight is 364 g/mol. The van der Waals surface area contributed by atoms with Crippen LogP contribution in [0.25, 0.3) is 0 Å². The first-order valence-corrected chi connectivity index (χ1v) is 7.57. The molecular formula is C14H12ClF2NO4S. The average Bonchev–Trinajstić information content (AvgIpc) is 2.93. The molecule has 0 amide bonds. The first-order chi connectivity index (χ1) is 10.9. The van der Waals surface area contributed by atoms with E-state index in [4.69, 9.17) is 21.1 Å². The summed E-state index contributed by atoms with van der Waals surface area (Å²) in [5.41, 5.74) is 0.678. The van der Waals surface area contributed by atoms with Gasteiger partial charge in [0.15, 0.2) is 17.2 Å². The summed E-state index contributed by atoms with van der Waals surface area (Å²) in [6.07, 6.45) is 0. The molecule has 0 bridgehead atoms. The zero-order valence-electron chi connectivity index (χ0n) is 12.1. The molecule has 1 aromatic heterocycles. The molecule has 0 fully saturated rings. The van der Waals surface area contributed by atoms with Crippen molar-refractivity contribution in [3.63, 3.8) is 0 Å². The lowest BCUT2D eigenvalue weighted by Crippen LogP contribution is -2.07. The van der Waals surface area contributed by atoms with Gasteiger partial charge >= 0.3 is 12.6 Å². The monoisotopic (exact) mass is 363 g/mol. The van der Waals surface area contributed by atoms with Crippen molar-refractivity contribution in [3.8, 4) is 11.5 Å². The summed E-state index contributed by atoms with van der Waals surface area (Å²) in [5.74, 6) is -0.833. The number of esters is 1. The summed E-state index contributed by atoms with van der Waals surface area (Å²) in [6.45, 7) is -1.37. The van der Waals surface area contributed by atoms with Gasteiger partial charge in [-0.05, 0) is 24.6 Å². The van der Waals surface area contributed by atoms with Crippen LogP contribution in [-0.2, 0) is 11.3 Å². The van der Waals surface area contributed by atoms with E-state index in [0.29, 0.717) is 5.56 Å². The number of hydrogen-bond acceptors (Lipinski definition) is 6. The Morgan fingerprint density at radius 1 is 1.43 bits per heavy atom. The van der Waals surface area contributed by atoms with E-state index in [1.807, 2.05) is 0 Å². The van der Waals surface area contributed by atoms with Gasteiger partial charge in [0.05, 0.1) is 17.1 Å². The predicted octanol–water partition coefficient (Wildman–Crippen LogP) is 4.07. The van der Waals surface area contributed by atoms with Crippen LogP contribution in [-0.4, -0.2) is 24.7 Å². The third-order valence-electron chi connectivity index (χ3n) is 2.69. The molecule has 2 aromatic rings. The van der Waals surface area contributed by atoms with Gasteiger partial charge in [0.2, 0.25) is 0 Å². The summed E-state index contributed by atoms with van der Waals surface area (Å²) in [6, 6.07) is 2.77. The summed E-state index contributed by atoms with van der Waals surface area (Å²) in [7, 11) is 1.29. The maximum atomic E-state index is 12.3. The smallest absolute Gasteiger partial charge is 0.387 e. The van der Waals surface area contributed by atoms with Crippen molar-refractivity contribution in [1.82, 2.24) is 4.98 Å². The topological polar surface area (TPSA) is 57.7 Å². The largest absolute Gasteiger partial charge is 0.493 e. The van der Waals surface area contributed by atoms with E-state index in [2.05, 4.69) is 9.72 Å². The molecule has 0 saturated heterocycles. The van der Waals surface area contributed by atoms with Crippen LogP contribution in [0.3, 0.4) is 0 Å². The SMILES string of the molecule is COc1cc(COC(=O)c2csc(C)n2)cc(Cl)c1OC(F)F. The van der Waals surface area contributed by atoms with Gasteiger partial charge in [-0.3, -0.25) is 0 Å². The molecule has 124 valence electrons. The lowest BCUT2D eigenvalue weighted by Gasteiger charge is -2.13. The number of ether oxygens (including phenoxy) is 3. The Morgan fingerprint density at radius 3 is 2.74 bits per heavy atom. The Balaban J connectivity index is 2.11. The molecule has 0 atom stereocenters. The molecule has 0 saturated carbocycles. The first-order valence-electron chi connectivity index (χ1n) is 6.31. The molecule has 0 spiro atoms. The van der Waals surface area contributed by atoms with Crippen molar-refractivity contribution in [1.29, 1.82) is 0 Å². The number of alkyl halides is 2. The molecule has 0 aliphatic carbocycles. The second-order valence-corrected chi connectivity index (χ2v) is 5.78. The Kier molecular flexibility index (Phi) is 5.73. The maximum absolute atomic E-state index is 12.3. The zero-order chi connectivity index (χ0) is 17.0. The van der Waals surface area contributed by atoms with Crippen molar-refractivity contribution in [2.45, 2.75) is 20.1 Å². The van der Waals surface area contributed by atoms with E-state index in [9.17, 15) is 13.6 Å². The summed E-state index contributed by atoms with van der Waals surface area (Å²) in [4.78, 5) is 15.8. The van der Waals surface area contributed by atoms with Crippen LogP contribution in [0.4, 0.5) is 8.78 Å². The number of methoxy groups -OCH3 is 1. The molecule has 1 heterocycles. The first kappa shape index (κ1) is 17.4. The Labute approximate surface area is 139 Å². The van der Waals surface area contributed by atoms with Gasteiger partial charge in [0.25, 0.3) is 0 Å².